The van der Waals surface area contributed by atoms with Gasteiger partial charge in [0.05, 0.1) is 5.56 Å². The van der Waals surface area contributed by atoms with Gasteiger partial charge in [0.1, 0.15) is 6.10 Å². The van der Waals surface area contributed by atoms with Gasteiger partial charge in [-0.25, -0.2) is 4.79 Å². The zero-order valence-corrected chi connectivity index (χ0v) is 15.1. The van der Waals surface area contributed by atoms with Gasteiger partial charge in [0, 0.05) is 22.7 Å². The molecule has 2 aromatic rings. The summed E-state index contributed by atoms with van der Waals surface area (Å²) >= 11 is 1.61. The number of carbonyl (C=O) groups is 1. The number of ether oxygens (including phenoxy) is 1. The number of thioether (sulfide) groups is 1. The molecule has 3 N–H and O–H groups in total. The molecular formula is C18H19F3N2O2S. The van der Waals surface area contributed by atoms with E-state index < -0.39 is 23.9 Å². The molecule has 4 nitrogen and oxygen atoms in total. The monoisotopic (exact) mass is 384 g/mol. The third-order valence-corrected chi connectivity index (χ3v) is 4.49. The van der Waals surface area contributed by atoms with Gasteiger partial charge >= 0.3 is 12.3 Å². The Morgan fingerprint density at radius 1 is 1.23 bits per heavy atom. The number of alkyl halides is 3. The van der Waals surface area contributed by atoms with Crippen molar-refractivity contribution in [3.05, 3.63) is 59.2 Å². The Balaban J connectivity index is 2.20. The normalized spacial score (nSPS) is 12.5. The molecule has 2 rings (SSSR count). The van der Waals surface area contributed by atoms with Crippen molar-refractivity contribution in [2.45, 2.75) is 30.6 Å². The van der Waals surface area contributed by atoms with Crippen LogP contribution in [0.2, 0.25) is 0 Å². The molecule has 0 aliphatic heterocycles. The average Bonchev–Trinajstić information content (AvgIpc) is 2.58. The molecule has 26 heavy (non-hydrogen) atoms. The van der Waals surface area contributed by atoms with Crippen molar-refractivity contribution in [3.8, 4) is 0 Å². The van der Waals surface area contributed by atoms with E-state index in [1.165, 1.54) is 19.1 Å². The van der Waals surface area contributed by atoms with Crippen molar-refractivity contribution in [2.24, 2.45) is 5.73 Å². The van der Waals surface area contributed by atoms with Crippen molar-refractivity contribution < 1.29 is 22.7 Å². The second-order valence-corrected chi connectivity index (χ2v) is 6.46. The highest BCUT2D eigenvalue weighted by Crippen LogP contribution is 2.37. The number of halogens is 3. The number of nitrogens with two attached hydrogens (primary N) is 1. The summed E-state index contributed by atoms with van der Waals surface area (Å²) < 4.78 is 44.8. The lowest BCUT2D eigenvalue weighted by molar-refractivity contribution is -0.139. The number of benzene rings is 2. The Morgan fingerprint density at radius 3 is 2.42 bits per heavy atom. The molecule has 0 aromatic heterocycles. The zero-order chi connectivity index (χ0) is 19.3. The van der Waals surface area contributed by atoms with Gasteiger partial charge in [0.15, 0.2) is 0 Å². The van der Waals surface area contributed by atoms with Crippen LogP contribution in [0.25, 0.3) is 0 Å². The highest BCUT2D eigenvalue weighted by atomic mass is 32.2. The third-order valence-electron chi connectivity index (χ3n) is 3.75. The topological polar surface area (TPSA) is 64.3 Å². The standard InChI is InChI=1S/C18H19F3N2O2S/c1-11(25-17(22)24)15-8-5-13(9-16(15)18(19,20)21)23-10-12-3-6-14(26-2)7-4-12/h3-9,11,23H,10H2,1-2H3,(H2,22,24). The molecule has 0 spiro atoms. The molecule has 140 valence electrons. The molecule has 0 bridgehead atoms. The van der Waals surface area contributed by atoms with Crippen LogP contribution in [0, 0.1) is 0 Å². The fourth-order valence-corrected chi connectivity index (χ4v) is 2.86. The Morgan fingerprint density at radius 2 is 1.88 bits per heavy atom. The minimum atomic E-state index is -4.58. The van der Waals surface area contributed by atoms with E-state index >= 15 is 0 Å². The molecule has 0 saturated heterocycles. The maximum atomic E-state index is 13.4. The van der Waals surface area contributed by atoms with E-state index in [1.807, 2.05) is 30.5 Å². The van der Waals surface area contributed by atoms with Crippen molar-refractivity contribution in [1.82, 2.24) is 0 Å². The molecule has 0 saturated carbocycles. The lowest BCUT2D eigenvalue weighted by Crippen LogP contribution is -2.19. The summed E-state index contributed by atoms with van der Waals surface area (Å²) in [5.74, 6) is 0. The quantitative estimate of drug-likeness (QED) is 0.672. The lowest BCUT2D eigenvalue weighted by Gasteiger charge is -2.19. The van der Waals surface area contributed by atoms with Gasteiger partial charge in [0.2, 0.25) is 0 Å². The van der Waals surface area contributed by atoms with Crippen LogP contribution in [0.3, 0.4) is 0 Å². The molecule has 2 aromatic carbocycles. The highest BCUT2D eigenvalue weighted by Gasteiger charge is 2.35. The van der Waals surface area contributed by atoms with Crippen LogP contribution < -0.4 is 11.1 Å². The number of nitrogens with one attached hydrogen (secondary N) is 1. The van der Waals surface area contributed by atoms with Gasteiger partial charge < -0.3 is 15.8 Å². The summed E-state index contributed by atoms with van der Waals surface area (Å²) in [5.41, 5.74) is 5.15. The molecule has 0 aliphatic rings. The lowest BCUT2D eigenvalue weighted by atomic mass is 10.0. The van der Waals surface area contributed by atoms with Crippen molar-refractivity contribution in [1.29, 1.82) is 0 Å². The largest absolute Gasteiger partial charge is 0.442 e. The predicted octanol–water partition coefficient (Wildman–Crippen LogP) is 5.20. The number of primary amides is 1. The Labute approximate surface area is 153 Å². The van der Waals surface area contributed by atoms with Crippen molar-refractivity contribution >= 4 is 23.5 Å². The number of hydrogen-bond acceptors (Lipinski definition) is 4. The first-order valence-electron chi connectivity index (χ1n) is 7.74. The minimum Gasteiger partial charge on any atom is -0.442 e. The van der Waals surface area contributed by atoms with E-state index in [4.69, 9.17) is 5.73 Å². The second-order valence-electron chi connectivity index (χ2n) is 5.58. The van der Waals surface area contributed by atoms with Crippen molar-refractivity contribution in [2.75, 3.05) is 11.6 Å². The maximum absolute atomic E-state index is 13.4. The number of anilines is 1. The van der Waals surface area contributed by atoms with E-state index in [0.29, 0.717) is 12.2 Å². The molecule has 1 unspecified atom stereocenters. The van der Waals surface area contributed by atoms with Gasteiger partial charge in [-0.3, -0.25) is 0 Å². The molecule has 0 aliphatic carbocycles. The molecule has 1 atom stereocenters. The van der Waals surface area contributed by atoms with E-state index in [2.05, 4.69) is 10.1 Å². The first-order valence-corrected chi connectivity index (χ1v) is 8.97. The van der Waals surface area contributed by atoms with Crippen molar-refractivity contribution in [3.63, 3.8) is 0 Å². The SMILES string of the molecule is CSc1ccc(CNc2ccc(C(C)OC(N)=O)c(C(F)(F)F)c2)cc1. The first kappa shape index (κ1) is 20.0. The third kappa shape index (κ3) is 5.32. The van der Waals surface area contributed by atoms with Gasteiger partial charge in [0.25, 0.3) is 0 Å². The fourth-order valence-electron chi connectivity index (χ4n) is 2.45. The summed E-state index contributed by atoms with van der Waals surface area (Å²) in [5, 5.41) is 2.98. The summed E-state index contributed by atoms with van der Waals surface area (Å²) in [6, 6.07) is 11.6. The summed E-state index contributed by atoms with van der Waals surface area (Å²) in [4.78, 5) is 11.9. The molecule has 0 fully saturated rings. The van der Waals surface area contributed by atoms with Crippen LogP contribution in [0.5, 0.6) is 0 Å². The fraction of sp³-hybridized carbons (Fsp3) is 0.278. The van der Waals surface area contributed by atoms with E-state index in [1.54, 1.807) is 11.8 Å². The second kappa shape index (κ2) is 8.35. The Bertz CT molecular complexity index is 764. The van der Waals surface area contributed by atoms with Crippen LogP contribution in [0.15, 0.2) is 47.4 Å². The Kier molecular flexibility index (Phi) is 6.42. The van der Waals surface area contributed by atoms with Gasteiger partial charge in [-0.1, -0.05) is 18.2 Å². The minimum absolute atomic E-state index is 0.147. The van der Waals surface area contributed by atoms with Crippen LogP contribution in [0.1, 0.15) is 29.7 Å². The number of hydrogen-bond donors (Lipinski definition) is 2. The molecule has 0 heterocycles. The van der Waals surface area contributed by atoms with E-state index in [-0.39, 0.29) is 5.56 Å². The first-order chi connectivity index (χ1) is 12.2. The van der Waals surface area contributed by atoms with E-state index in [9.17, 15) is 18.0 Å². The molecule has 0 radical (unpaired) electrons. The Hall–Kier alpha value is -2.35. The summed E-state index contributed by atoms with van der Waals surface area (Å²) in [6.45, 7) is 1.73. The highest BCUT2D eigenvalue weighted by molar-refractivity contribution is 7.98. The summed E-state index contributed by atoms with van der Waals surface area (Å²) in [7, 11) is 0. The van der Waals surface area contributed by atoms with Crippen LogP contribution in [-0.2, 0) is 17.5 Å². The van der Waals surface area contributed by atoms with Gasteiger partial charge in [-0.05, 0) is 43.0 Å². The van der Waals surface area contributed by atoms with Crippen LogP contribution in [0.4, 0.5) is 23.7 Å². The van der Waals surface area contributed by atoms with E-state index in [0.717, 1.165) is 16.5 Å². The predicted molar refractivity (Wildman–Crippen MR) is 96.1 cm³/mol. The average molecular weight is 384 g/mol. The van der Waals surface area contributed by atoms with Crippen LogP contribution >= 0.6 is 11.8 Å². The van der Waals surface area contributed by atoms with Gasteiger partial charge in [-0.2, -0.15) is 13.2 Å². The summed E-state index contributed by atoms with van der Waals surface area (Å²) in [6.07, 6.45) is -4.84. The smallest absolute Gasteiger partial charge is 0.416 e. The number of amides is 1. The molecular weight excluding hydrogens is 365 g/mol. The van der Waals surface area contributed by atoms with Crippen LogP contribution in [-0.4, -0.2) is 12.3 Å². The number of rotatable bonds is 6. The zero-order valence-electron chi connectivity index (χ0n) is 14.3. The van der Waals surface area contributed by atoms with Gasteiger partial charge in [-0.15, -0.1) is 11.8 Å². The molecule has 1 amide bonds. The maximum Gasteiger partial charge on any atom is 0.416 e. The molecule has 8 heteroatoms. The number of carbonyl (C=O) groups excluding carboxylic acids is 1.